The zero-order chi connectivity index (χ0) is 19.5. The summed E-state index contributed by atoms with van der Waals surface area (Å²) in [5, 5.41) is 2.57. The molecule has 1 amide bonds. The molecule has 0 radical (unpaired) electrons. The molecule has 1 fully saturated rings. The second-order valence-electron chi connectivity index (χ2n) is 6.08. The van der Waals surface area contributed by atoms with Gasteiger partial charge in [0.15, 0.2) is 6.61 Å². The number of hydrogen-bond donors (Lipinski definition) is 1. The molecule has 1 heterocycles. The minimum atomic E-state index is -0.592. The van der Waals surface area contributed by atoms with Crippen molar-refractivity contribution in [3.8, 4) is 5.75 Å². The summed E-state index contributed by atoms with van der Waals surface area (Å²) in [6.07, 6.45) is 2.85. The maximum Gasteiger partial charge on any atom is 0.338 e. The van der Waals surface area contributed by atoms with Gasteiger partial charge in [0.1, 0.15) is 12.4 Å². The summed E-state index contributed by atoms with van der Waals surface area (Å²) in [6, 6.07) is 6.53. The van der Waals surface area contributed by atoms with Crippen LogP contribution in [0.15, 0.2) is 24.3 Å². The van der Waals surface area contributed by atoms with Crippen molar-refractivity contribution in [3.05, 3.63) is 29.8 Å². The number of carbonyl (C=O) groups is 3. The summed E-state index contributed by atoms with van der Waals surface area (Å²) in [6.45, 7) is 1.19. The molecule has 0 aromatic heterocycles. The molecular formula is C19H25NO7. The van der Waals surface area contributed by atoms with Gasteiger partial charge in [0.05, 0.1) is 18.8 Å². The standard InChI is InChI=1S/C19H25NO7/c1-24-18(22)5-2-10-20-17(21)13-27-19(23)14-6-8-15(9-7-14)26-12-16-4-3-11-25-16/h6-9,16H,2-5,10-13H2,1H3,(H,20,21)/t16-/m1/s1. The van der Waals surface area contributed by atoms with E-state index < -0.39 is 11.9 Å². The van der Waals surface area contributed by atoms with E-state index in [1.807, 2.05) is 0 Å². The molecule has 2 rings (SSSR count). The van der Waals surface area contributed by atoms with Crippen LogP contribution in [-0.2, 0) is 23.8 Å². The zero-order valence-corrected chi connectivity index (χ0v) is 15.4. The number of amides is 1. The Morgan fingerprint density at radius 1 is 1.22 bits per heavy atom. The lowest BCUT2D eigenvalue weighted by atomic mass is 10.2. The van der Waals surface area contributed by atoms with Crippen LogP contribution < -0.4 is 10.1 Å². The van der Waals surface area contributed by atoms with Gasteiger partial charge in [-0.1, -0.05) is 0 Å². The van der Waals surface area contributed by atoms with Gasteiger partial charge >= 0.3 is 11.9 Å². The molecule has 1 aromatic carbocycles. The minimum absolute atomic E-state index is 0.126. The van der Waals surface area contributed by atoms with Crippen molar-refractivity contribution in [1.29, 1.82) is 0 Å². The lowest BCUT2D eigenvalue weighted by molar-refractivity contribution is -0.140. The summed E-state index contributed by atoms with van der Waals surface area (Å²) >= 11 is 0. The molecule has 27 heavy (non-hydrogen) atoms. The third-order valence-corrected chi connectivity index (χ3v) is 3.99. The van der Waals surface area contributed by atoms with Gasteiger partial charge in [0.25, 0.3) is 5.91 Å². The smallest absolute Gasteiger partial charge is 0.338 e. The molecule has 1 aromatic rings. The van der Waals surface area contributed by atoms with E-state index in [-0.39, 0.29) is 25.1 Å². The normalized spacial score (nSPS) is 15.8. The number of ether oxygens (including phenoxy) is 4. The number of benzene rings is 1. The van der Waals surface area contributed by atoms with Crippen LogP contribution in [0, 0.1) is 0 Å². The average Bonchev–Trinajstić information content (AvgIpc) is 3.21. The van der Waals surface area contributed by atoms with Gasteiger partial charge in [0, 0.05) is 19.6 Å². The molecule has 0 aliphatic carbocycles. The Kier molecular flexibility index (Phi) is 8.57. The van der Waals surface area contributed by atoms with E-state index in [0.29, 0.717) is 30.9 Å². The first kappa shape index (κ1) is 20.7. The summed E-state index contributed by atoms with van der Waals surface area (Å²) in [4.78, 5) is 34.5. The number of hydrogen-bond acceptors (Lipinski definition) is 7. The molecule has 0 unspecified atom stereocenters. The van der Waals surface area contributed by atoms with Crippen molar-refractivity contribution in [2.45, 2.75) is 31.8 Å². The fourth-order valence-electron chi connectivity index (χ4n) is 2.48. The highest BCUT2D eigenvalue weighted by Gasteiger charge is 2.16. The quantitative estimate of drug-likeness (QED) is 0.485. The fourth-order valence-corrected chi connectivity index (χ4v) is 2.48. The van der Waals surface area contributed by atoms with Crippen molar-refractivity contribution in [1.82, 2.24) is 5.32 Å². The summed E-state index contributed by atoms with van der Waals surface area (Å²) < 4.78 is 20.6. The van der Waals surface area contributed by atoms with E-state index >= 15 is 0 Å². The van der Waals surface area contributed by atoms with Crippen LogP contribution in [0.2, 0.25) is 0 Å². The Bertz CT molecular complexity index is 623. The number of rotatable bonds is 10. The zero-order valence-electron chi connectivity index (χ0n) is 15.4. The summed E-state index contributed by atoms with van der Waals surface area (Å²) in [5.74, 6) is -0.709. The van der Waals surface area contributed by atoms with Gasteiger partial charge in [-0.3, -0.25) is 9.59 Å². The van der Waals surface area contributed by atoms with Gasteiger partial charge < -0.3 is 24.3 Å². The van der Waals surface area contributed by atoms with Crippen LogP contribution >= 0.6 is 0 Å². The monoisotopic (exact) mass is 379 g/mol. The predicted octanol–water partition coefficient (Wildman–Crippen LogP) is 1.47. The first-order valence-corrected chi connectivity index (χ1v) is 8.93. The van der Waals surface area contributed by atoms with Gasteiger partial charge in [0.2, 0.25) is 0 Å². The van der Waals surface area contributed by atoms with E-state index in [1.54, 1.807) is 24.3 Å². The maximum atomic E-state index is 12.0. The first-order chi connectivity index (χ1) is 13.1. The van der Waals surface area contributed by atoms with Crippen LogP contribution in [0.1, 0.15) is 36.0 Å². The molecule has 0 saturated carbocycles. The first-order valence-electron chi connectivity index (χ1n) is 8.93. The van der Waals surface area contributed by atoms with Gasteiger partial charge in [-0.05, 0) is 43.5 Å². The second-order valence-corrected chi connectivity index (χ2v) is 6.08. The molecule has 8 heteroatoms. The summed E-state index contributed by atoms with van der Waals surface area (Å²) in [5.41, 5.74) is 0.331. The van der Waals surface area contributed by atoms with Crippen LogP contribution in [0.4, 0.5) is 0 Å². The molecule has 1 aliphatic rings. The Labute approximate surface area is 158 Å². The molecule has 148 valence electrons. The fraction of sp³-hybridized carbons (Fsp3) is 0.526. The van der Waals surface area contributed by atoms with Crippen molar-refractivity contribution in [2.75, 3.05) is 33.5 Å². The highest BCUT2D eigenvalue weighted by molar-refractivity contribution is 5.91. The van der Waals surface area contributed by atoms with E-state index in [4.69, 9.17) is 14.2 Å². The third-order valence-electron chi connectivity index (χ3n) is 3.99. The summed E-state index contributed by atoms with van der Waals surface area (Å²) in [7, 11) is 1.31. The molecule has 0 spiro atoms. The second kappa shape index (κ2) is 11.2. The maximum absolute atomic E-state index is 12.0. The van der Waals surface area contributed by atoms with E-state index in [2.05, 4.69) is 10.1 Å². The lowest BCUT2D eigenvalue weighted by Gasteiger charge is -2.11. The highest BCUT2D eigenvalue weighted by atomic mass is 16.5. The largest absolute Gasteiger partial charge is 0.491 e. The van der Waals surface area contributed by atoms with Crippen LogP contribution in [0.3, 0.4) is 0 Å². The van der Waals surface area contributed by atoms with Crippen LogP contribution in [-0.4, -0.2) is 57.4 Å². The molecule has 0 bridgehead atoms. The Balaban J connectivity index is 1.64. The van der Waals surface area contributed by atoms with E-state index in [0.717, 1.165) is 19.4 Å². The average molecular weight is 379 g/mol. The Morgan fingerprint density at radius 3 is 2.67 bits per heavy atom. The number of nitrogens with one attached hydrogen (secondary N) is 1. The van der Waals surface area contributed by atoms with Crippen LogP contribution in [0.5, 0.6) is 5.75 Å². The number of carbonyl (C=O) groups excluding carboxylic acids is 3. The Morgan fingerprint density at radius 2 is 2.00 bits per heavy atom. The molecule has 1 atom stereocenters. The highest BCUT2D eigenvalue weighted by Crippen LogP contribution is 2.17. The van der Waals surface area contributed by atoms with Gasteiger partial charge in [-0.15, -0.1) is 0 Å². The molecule has 1 N–H and O–H groups in total. The number of esters is 2. The predicted molar refractivity (Wildman–Crippen MR) is 95.5 cm³/mol. The molecular weight excluding hydrogens is 354 g/mol. The van der Waals surface area contributed by atoms with E-state index in [9.17, 15) is 14.4 Å². The topological polar surface area (TPSA) is 100 Å². The lowest BCUT2D eigenvalue weighted by Crippen LogP contribution is -2.29. The molecule has 1 saturated heterocycles. The minimum Gasteiger partial charge on any atom is -0.491 e. The van der Waals surface area contributed by atoms with E-state index in [1.165, 1.54) is 7.11 Å². The Hall–Kier alpha value is -2.61. The van der Waals surface area contributed by atoms with Crippen molar-refractivity contribution in [3.63, 3.8) is 0 Å². The van der Waals surface area contributed by atoms with Gasteiger partial charge in [-0.25, -0.2) is 4.79 Å². The van der Waals surface area contributed by atoms with Crippen LogP contribution in [0.25, 0.3) is 0 Å². The SMILES string of the molecule is COC(=O)CCCNC(=O)COC(=O)c1ccc(OC[C@H]2CCCO2)cc1. The van der Waals surface area contributed by atoms with Gasteiger partial charge in [-0.2, -0.15) is 0 Å². The number of methoxy groups -OCH3 is 1. The molecule has 1 aliphatic heterocycles. The third kappa shape index (κ3) is 7.65. The molecule has 8 nitrogen and oxygen atoms in total. The van der Waals surface area contributed by atoms with Crippen molar-refractivity contribution in [2.24, 2.45) is 0 Å². The van der Waals surface area contributed by atoms with Crippen molar-refractivity contribution < 1.29 is 33.3 Å². The van der Waals surface area contributed by atoms with Crippen molar-refractivity contribution >= 4 is 17.8 Å².